The van der Waals surface area contributed by atoms with E-state index in [1.54, 1.807) is 31.6 Å². The number of ether oxygens (including phenoxy) is 1. The first kappa shape index (κ1) is 22.0. The Morgan fingerprint density at radius 1 is 1.37 bits per heavy atom. The fourth-order valence-electron chi connectivity index (χ4n) is 3.27. The first-order chi connectivity index (χ1) is 14.1. The van der Waals surface area contributed by atoms with Gasteiger partial charge in [0.05, 0.1) is 24.9 Å². The summed E-state index contributed by atoms with van der Waals surface area (Å²) in [5.74, 6) is 0.469. The number of methoxy groups -OCH3 is 1. The number of nitrogens with one attached hydrogen (secondary N) is 2. The van der Waals surface area contributed by atoms with Crippen LogP contribution in [0, 0.1) is 0 Å². The van der Waals surface area contributed by atoms with Crippen LogP contribution in [-0.2, 0) is 10.3 Å². The van der Waals surface area contributed by atoms with E-state index in [1.807, 2.05) is 24.1 Å². The van der Waals surface area contributed by atoms with Crippen LogP contribution in [0.4, 0.5) is 13.2 Å². The molecular weight excluding hydrogens is 403 g/mol. The van der Waals surface area contributed by atoms with Crippen molar-refractivity contribution in [3.8, 4) is 17.0 Å². The smallest absolute Gasteiger partial charge is 0.405 e. The van der Waals surface area contributed by atoms with Crippen LogP contribution in [0.25, 0.3) is 11.3 Å². The molecule has 0 spiro atoms. The average molecular weight is 427 g/mol. The molecule has 8 nitrogen and oxygen atoms in total. The summed E-state index contributed by atoms with van der Waals surface area (Å²) in [4.78, 5) is 18.2. The molecule has 30 heavy (non-hydrogen) atoms. The SMILES string of the molecule is COc1cncc(-c2cc(C(C)(C)N3CCN[C@H](C(=O)NCC(F)(F)F)C3)on2)c1. The van der Waals surface area contributed by atoms with E-state index in [0.717, 1.165) is 5.56 Å². The van der Waals surface area contributed by atoms with Gasteiger partial charge >= 0.3 is 6.18 Å². The number of hydrogen-bond acceptors (Lipinski definition) is 7. The molecule has 1 aliphatic rings. The third kappa shape index (κ3) is 5.08. The van der Waals surface area contributed by atoms with Gasteiger partial charge in [-0.3, -0.25) is 14.7 Å². The molecule has 3 rings (SSSR count). The van der Waals surface area contributed by atoms with E-state index in [1.165, 1.54) is 0 Å². The lowest BCUT2D eigenvalue weighted by molar-refractivity contribution is -0.140. The number of halogens is 3. The Hall–Kier alpha value is -2.66. The zero-order valence-electron chi connectivity index (χ0n) is 16.9. The van der Waals surface area contributed by atoms with Crippen molar-refractivity contribution in [2.45, 2.75) is 31.6 Å². The molecule has 1 aliphatic heterocycles. The molecule has 2 aromatic heterocycles. The predicted octanol–water partition coefficient (Wildman–Crippen LogP) is 1.93. The van der Waals surface area contributed by atoms with Gasteiger partial charge in [0.1, 0.15) is 18.0 Å². The minimum absolute atomic E-state index is 0.230. The van der Waals surface area contributed by atoms with Crippen LogP contribution in [0.2, 0.25) is 0 Å². The van der Waals surface area contributed by atoms with Gasteiger partial charge in [0.15, 0.2) is 5.76 Å². The Morgan fingerprint density at radius 2 is 2.13 bits per heavy atom. The van der Waals surface area contributed by atoms with Crippen molar-refractivity contribution in [2.75, 3.05) is 33.3 Å². The lowest BCUT2D eigenvalue weighted by atomic mass is 9.96. The summed E-state index contributed by atoms with van der Waals surface area (Å²) in [6, 6.07) is 2.82. The summed E-state index contributed by atoms with van der Waals surface area (Å²) < 4.78 is 47.9. The standard InChI is InChI=1S/C19H24F3N5O3/c1-18(2,16-7-14(26-30-16)12-6-13(29-3)9-23-8-12)27-5-4-24-15(10-27)17(28)25-11-19(20,21)22/h6-9,15,24H,4-5,10-11H2,1-3H3,(H,25,28)/t15-/m0/s1. The third-order valence-electron chi connectivity index (χ3n) is 5.10. The highest BCUT2D eigenvalue weighted by molar-refractivity contribution is 5.82. The van der Waals surface area contributed by atoms with E-state index >= 15 is 0 Å². The van der Waals surface area contributed by atoms with Crippen molar-refractivity contribution in [1.29, 1.82) is 0 Å². The van der Waals surface area contributed by atoms with Crippen LogP contribution in [0.3, 0.4) is 0 Å². The molecule has 164 valence electrons. The van der Waals surface area contributed by atoms with Crippen molar-refractivity contribution >= 4 is 5.91 Å². The molecule has 0 radical (unpaired) electrons. The van der Waals surface area contributed by atoms with Crippen LogP contribution >= 0.6 is 0 Å². The molecule has 2 N–H and O–H groups in total. The number of alkyl halides is 3. The largest absolute Gasteiger partial charge is 0.495 e. The second kappa shape index (κ2) is 8.60. The number of amides is 1. The third-order valence-corrected chi connectivity index (χ3v) is 5.10. The molecule has 1 saturated heterocycles. The molecule has 0 unspecified atom stereocenters. The molecular formula is C19H24F3N5O3. The number of pyridine rings is 1. The maximum absolute atomic E-state index is 12.4. The number of piperazine rings is 1. The number of carbonyl (C=O) groups excluding carboxylic acids is 1. The van der Waals surface area contributed by atoms with E-state index in [-0.39, 0.29) is 6.54 Å². The number of hydrogen-bond donors (Lipinski definition) is 2. The molecule has 2 aromatic rings. The summed E-state index contributed by atoms with van der Waals surface area (Å²) >= 11 is 0. The lowest BCUT2D eigenvalue weighted by Crippen LogP contribution is -2.61. The summed E-state index contributed by atoms with van der Waals surface area (Å²) in [6.07, 6.45) is -1.23. The minimum Gasteiger partial charge on any atom is -0.495 e. The Bertz CT molecular complexity index is 884. The van der Waals surface area contributed by atoms with Gasteiger partial charge in [-0.1, -0.05) is 5.16 Å². The summed E-state index contributed by atoms with van der Waals surface area (Å²) in [6.45, 7) is 3.75. The molecule has 1 fully saturated rings. The van der Waals surface area contributed by atoms with Crippen LogP contribution in [-0.4, -0.2) is 66.5 Å². The molecule has 3 heterocycles. The van der Waals surface area contributed by atoms with E-state index in [4.69, 9.17) is 9.26 Å². The first-order valence-electron chi connectivity index (χ1n) is 9.39. The second-order valence-electron chi connectivity index (χ2n) is 7.53. The molecule has 11 heteroatoms. The number of carbonyl (C=O) groups is 1. The predicted molar refractivity (Wildman–Crippen MR) is 102 cm³/mol. The van der Waals surface area contributed by atoms with Crippen molar-refractivity contribution in [3.05, 3.63) is 30.3 Å². The van der Waals surface area contributed by atoms with Crippen molar-refractivity contribution in [3.63, 3.8) is 0 Å². The highest BCUT2D eigenvalue weighted by Crippen LogP contribution is 2.32. The number of rotatable bonds is 6. The fraction of sp³-hybridized carbons (Fsp3) is 0.526. The van der Waals surface area contributed by atoms with Crippen LogP contribution in [0.15, 0.2) is 29.0 Å². The Labute approximate surface area is 171 Å². The highest BCUT2D eigenvalue weighted by Gasteiger charge is 2.38. The van der Waals surface area contributed by atoms with Crippen molar-refractivity contribution < 1.29 is 27.2 Å². The number of nitrogens with zero attached hydrogens (tertiary/aromatic N) is 3. The van der Waals surface area contributed by atoms with Gasteiger partial charge in [-0.15, -0.1) is 0 Å². The van der Waals surface area contributed by atoms with E-state index in [2.05, 4.69) is 15.5 Å². The normalized spacial score (nSPS) is 18.3. The van der Waals surface area contributed by atoms with Crippen LogP contribution in [0.5, 0.6) is 5.75 Å². The summed E-state index contributed by atoms with van der Waals surface area (Å²) in [5.41, 5.74) is 0.673. The Kier molecular flexibility index (Phi) is 6.32. The molecule has 0 saturated carbocycles. The van der Waals surface area contributed by atoms with Gasteiger partial charge in [0, 0.05) is 37.5 Å². The van der Waals surface area contributed by atoms with Crippen LogP contribution in [0.1, 0.15) is 19.6 Å². The van der Waals surface area contributed by atoms with E-state index in [0.29, 0.717) is 30.3 Å². The Balaban J connectivity index is 1.72. The van der Waals surface area contributed by atoms with Gasteiger partial charge in [0.25, 0.3) is 0 Å². The van der Waals surface area contributed by atoms with Crippen molar-refractivity contribution in [2.24, 2.45) is 0 Å². The zero-order valence-corrected chi connectivity index (χ0v) is 16.9. The maximum atomic E-state index is 12.4. The summed E-state index contributed by atoms with van der Waals surface area (Å²) in [5, 5.41) is 9.01. The molecule has 1 atom stereocenters. The van der Waals surface area contributed by atoms with E-state index in [9.17, 15) is 18.0 Å². The molecule has 0 aromatic carbocycles. The quantitative estimate of drug-likeness (QED) is 0.728. The Morgan fingerprint density at radius 3 is 2.83 bits per heavy atom. The van der Waals surface area contributed by atoms with Gasteiger partial charge in [-0.25, -0.2) is 0 Å². The molecule has 1 amide bonds. The monoisotopic (exact) mass is 427 g/mol. The lowest BCUT2D eigenvalue weighted by Gasteiger charge is -2.42. The topological polar surface area (TPSA) is 92.5 Å². The zero-order chi connectivity index (χ0) is 21.9. The second-order valence-corrected chi connectivity index (χ2v) is 7.53. The number of aromatic nitrogens is 2. The summed E-state index contributed by atoms with van der Waals surface area (Å²) in [7, 11) is 1.55. The fourth-order valence-corrected chi connectivity index (χ4v) is 3.27. The van der Waals surface area contributed by atoms with Crippen LogP contribution < -0.4 is 15.4 Å². The maximum Gasteiger partial charge on any atom is 0.405 e. The molecule has 0 bridgehead atoms. The minimum atomic E-state index is -4.45. The van der Waals surface area contributed by atoms with E-state index < -0.39 is 30.2 Å². The van der Waals surface area contributed by atoms with Gasteiger partial charge in [-0.2, -0.15) is 13.2 Å². The molecule has 0 aliphatic carbocycles. The highest BCUT2D eigenvalue weighted by atomic mass is 19.4. The first-order valence-corrected chi connectivity index (χ1v) is 9.39. The average Bonchev–Trinajstić information content (AvgIpc) is 3.23. The van der Waals surface area contributed by atoms with Crippen molar-refractivity contribution in [1.82, 2.24) is 25.7 Å². The van der Waals surface area contributed by atoms with Gasteiger partial charge in [0.2, 0.25) is 5.91 Å². The van der Waals surface area contributed by atoms with Gasteiger partial charge in [-0.05, 0) is 19.9 Å². The van der Waals surface area contributed by atoms with Gasteiger partial charge < -0.3 is 19.9 Å².